The highest BCUT2D eigenvalue weighted by molar-refractivity contribution is 9.10. The molecule has 0 aliphatic carbocycles. The molecule has 1 saturated heterocycles. The van der Waals surface area contributed by atoms with Gasteiger partial charge in [-0.25, -0.2) is 4.98 Å². The van der Waals surface area contributed by atoms with Crippen molar-refractivity contribution < 1.29 is 9.53 Å². The third-order valence-electron chi connectivity index (χ3n) is 3.52. The lowest BCUT2D eigenvalue weighted by atomic mass is 10.2. The number of benzene rings is 1. The van der Waals surface area contributed by atoms with Gasteiger partial charge >= 0.3 is 0 Å². The lowest BCUT2D eigenvalue weighted by Crippen LogP contribution is -2.31. The van der Waals surface area contributed by atoms with Crippen molar-refractivity contribution in [1.29, 1.82) is 0 Å². The number of carbonyl (C=O) groups is 1. The number of halogens is 2. The second kappa shape index (κ2) is 6.79. The van der Waals surface area contributed by atoms with E-state index < -0.39 is 0 Å². The van der Waals surface area contributed by atoms with Crippen molar-refractivity contribution in [2.75, 3.05) is 13.1 Å². The number of hydrogen-bond donors (Lipinski definition) is 0. The first-order chi connectivity index (χ1) is 10.6. The van der Waals surface area contributed by atoms with Gasteiger partial charge in [-0.15, -0.1) is 0 Å². The molecule has 1 unspecified atom stereocenters. The van der Waals surface area contributed by atoms with Crippen molar-refractivity contribution in [2.45, 2.75) is 12.5 Å². The predicted molar refractivity (Wildman–Crippen MR) is 91.0 cm³/mol. The van der Waals surface area contributed by atoms with E-state index >= 15 is 0 Å². The third kappa shape index (κ3) is 3.50. The van der Waals surface area contributed by atoms with E-state index in [1.54, 1.807) is 6.20 Å². The van der Waals surface area contributed by atoms with Gasteiger partial charge in [0, 0.05) is 34.2 Å². The fourth-order valence-corrected chi connectivity index (χ4v) is 3.11. The van der Waals surface area contributed by atoms with Crippen molar-refractivity contribution in [2.24, 2.45) is 0 Å². The average Bonchev–Trinajstić information content (AvgIpc) is 2.98. The Morgan fingerprint density at radius 1 is 1.23 bits per heavy atom. The fourth-order valence-electron chi connectivity index (χ4n) is 2.42. The molecule has 2 aromatic rings. The molecule has 6 heteroatoms. The summed E-state index contributed by atoms with van der Waals surface area (Å²) in [5.74, 6) is 0.616. The Hall–Kier alpha value is -1.40. The maximum atomic E-state index is 12.5. The molecule has 1 aromatic heterocycles. The number of ether oxygens (including phenoxy) is 1. The van der Waals surface area contributed by atoms with E-state index in [2.05, 4.69) is 36.8 Å². The number of rotatable bonds is 3. The summed E-state index contributed by atoms with van der Waals surface area (Å²) >= 11 is 6.77. The highest BCUT2D eigenvalue weighted by Crippen LogP contribution is 2.22. The third-order valence-corrected chi connectivity index (χ3v) is 4.68. The van der Waals surface area contributed by atoms with Crippen molar-refractivity contribution in [3.63, 3.8) is 0 Å². The number of amides is 1. The zero-order valence-electron chi connectivity index (χ0n) is 11.7. The molecular formula is C16H14Br2N2O2. The Morgan fingerprint density at radius 2 is 2.05 bits per heavy atom. The molecule has 22 heavy (non-hydrogen) atoms. The molecule has 0 spiro atoms. The van der Waals surface area contributed by atoms with Crippen LogP contribution in [0.15, 0.2) is 51.5 Å². The largest absolute Gasteiger partial charge is 0.472 e. The Bertz CT molecular complexity index is 676. The van der Waals surface area contributed by atoms with Crippen molar-refractivity contribution in [3.05, 3.63) is 57.1 Å². The van der Waals surface area contributed by atoms with Crippen LogP contribution in [0.5, 0.6) is 5.88 Å². The first kappa shape index (κ1) is 15.5. The van der Waals surface area contributed by atoms with Gasteiger partial charge in [-0.1, -0.05) is 12.1 Å². The monoisotopic (exact) mass is 424 g/mol. The number of hydrogen-bond acceptors (Lipinski definition) is 3. The van der Waals surface area contributed by atoms with Gasteiger partial charge in [0.15, 0.2) is 0 Å². The Balaban J connectivity index is 1.63. The van der Waals surface area contributed by atoms with E-state index in [-0.39, 0.29) is 12.0 Å². The minimum absolute atomic E-state index is 0.0138. The second-order valence-electron chi connectivity index (χ2n) is 5.07. The smallest absolute Gasteiger partial charge is 0.255 e. The summed E-state index contributed by atoms with van der Waals surface area (Å²) < 4.78 is 7.57. The van der Waals surface area contributed by atoms with Crippen LogP contribution in [0.25, 0.3) is 0 Å². The minimum atomic E-state index is -0.0138. The number of pyridine rings is 1. The number of aromatic nitrogens is 1. The van der Waals surface area contributed by atoms with Gasteiger partial charge < -0.3 is 9.64 Å². The van der Waals surface area contributed by atoms with E-state index in [4.69, 9.17) is 4.74 Å². The summed E-state index contributed by atoms with van der Waals surface area (Å²) in [7, 11) is 0. The molecule has 1 aromatic carbocycles. The van der Waals surface area contributed by atoms with Gasteiger partial charge in [-0.3, -0.25) is 4.79 Å². The van der Waals surface area contributed by atoms with Crippen molar-refractivity contribution in [3.8, 4) is 5.88 Å². The molecule has 2 heterocycles. The average molecular weight is 426 g/mol. The highest BCUT2D eigenvalue weighted by atomic mass is 79.9. The molecule has 114 valence electrons. The van der Waals surface area contributed by atoms with Gasteiger partial charge in [-0.2, -0.15) is 0 Å². The molecule has 0 saturated carbocycles. The standard InChI is InChI=1S/C16H14Br2N2O2/c17-11-5-6-15(19-9-11)22-12-7-8-20(10-12)16(21)13-3-1-2-4-14(13)18/h1-6,9,12H,7-8,10H2. The molecule has 1 aliphatic heterocycles. The molecular weight excluding hydrogens is 412 g/mol. The van der Waals surface area contributed by atoms with Crippen LogP contribution in [0, 0.1) is 0 Å². The molecule has 1 atom stereocenters. The number of likely N-dealkylation sites (tertiary alicyclic amines) is 1. The van der Waals surface area contributed by atoms with Gasteiger partial charge in [0.25, 0.3) is 5.91 Å². The minimum Gasteiger partial charge on any atom is -0.472 e. The van der Waals surface area contributed by atoms with Crippen LogP contribution in [-0.4, -0.2) is 35.0 Å². The molecule has 4 nitrogen and oxygen atoms in total. The van der Waals surface area contributed by atoms with E-state index in [1.165, 1.54) is 0 Å². The van der Waals surface area contributed by atoms with E-state index in [9.17, 15) is 4.79 Å². The van der Waals surface area contributed by atoms with Gasteiger partial charge in [-0.05, 0) is 50.1 Å². The lowest BCUT2D eigenvalue weighted by molar-refractivity contribution is 0.0770. The topological polar surface area (TPSA) is 42.4 Å². The molecule has 0 radical (unpaired) electrons. The normalized spacial score (nSPS) is 17.5. The van der Waals surface area contributed by atoms with E-state index in [0.29, 0.717) is 24.5 Å². The molecule has 1 fully saturated rings. The summed E-state index contributed by atoms with van der Waals surface area (Å²) in [6.45, 7) is 1.28. The Kier molecular flexibility index (Phi) is 4.78. The van der Waals surface area contributed by atoms with Crippen LogP contribution >= 0.6 is 31.9 Å². The van der Waals surface area contributed by atoms with Gasteiger partial charge in [0.2, 0.25) is 5.88 Å². The van der Waals surface area contributed by atoms with Crippen LogP contribution in [-0.2, 0) is 0 Å². The highest BCUT2D eigenvalue weighted by Gasteiger charge is 2.29. The lowest BCUT2D eigenvalue weighted by Gasteiger charge is -2.17. The quantitative estimate of drug-likeness (QED) is 0.748. The van der Waals surface area contributed by atoms with Crippen LogP contribution in [0.1, 0.15) is 16.8 Å². The van der Waals surface area contributed by atoms with E-state index in [0.717, 1.165) is 15.4 Å². The zero-order valence-corrected chi connectivity index (χ0v) is 14.9. The Labute approximate surface area is 145 Å². The molecule has 0 N–H and O–H groups in total. The van der Waals surface area contributed by atoms with Crippen LogP contribution < -0.4 is 4.74 Å². The Morgan fingerprint density at radius 3 is 2.77 bits per heavy atom. The van der Waals surface area contributed by atoms with Crippen LogP contribution in [0.2, 0.25) is 0 Å². The second-order valence-corrected chi connectivity index (χ2v) is 6.84. The van der Waals surface area contributed by atoms with Crippen LogP contribution in [0.3, 0.4) is 0 Å². The number of nitrogens with zero attached hydrogens (tertiary/aromatic N) is 2. The van der Waals surface area contributed by atoms with E-state index in [1.807, 2.05) is 41.3 Å². The predicted octanol–water partition coefficient (Wildman–Crippen LogP) is 3.90. The fraction of sp³-hybridized carbons (Fsp3) is 0.250. The maximum absolute atomic E-state index is 12.5. The first-order valence-corrected chi connectivity index (χ1v) is 8.54. The van der Waals surface area contributed by atoms with Crippen molar-refractivity contribution >= 4 is 37.8 Å². The zero-order chi connectivity index (χ0) is 15.5. The van der Waals surface area contributed by atoms with Gasteiger partial charge in [0.1, 0.15) is 6.10 Å². The summed E-state index contributed by atoms with van der Waals surface area (Å²) in [5, 5.41) is 0. The summed E-state index contributed by atoms with van der Waals surface area (Å²) in [5.41, 5.74) is 0.685. The van der Waals surface area contributed by atoms with Gasteiger partial charge in [0.05, 0.1) is 12.1 Å². The molecule has 1 amide bonds. The SMILES string of the molecule is O=C(c1ccccc1Br)N1CCC(Oc2ccc(Br)cn2)C1. The molecule has 1 aliphatic rings. The van der Waals surface area contributed by atoms with Crippen LogP contribution in [0.4, 0.5) is 0 Å². The summed E-state index contributed by atoms with van der Waals surface area (Å²) in [6, 6.07) is 11.2. The first-order valence-electron chi connectivity index (χ1n) is 6.95. The maximum Gasteiger partial charge on any atom is 0.255 e. The molecule has 0 bridgehead atoms. The molecule has 3 rings (SSSR count). The summed E-state index contributed by atoms with van der Waals surface area (Å²) in [6.07, 6.45) is 2.50. The van der Waals surface area contributed by atoms with Crippen molar-refractivity contribution in [1.82, 2.24) is 9.88 Å². The summed E-state index contributed by atoms with van der Waals surface area (Å²) in [4.78, 5) is 18.6. The number of carbonyl (C=O) groups excluding carboxylic acids is 1.